The van der Waals surface area contributed by atoms with Crippen LogP contribution in [0, 0.1) is 0 Å². The van der Waals surface area contributed by atoms with Gasteiger partial charge in [-0.15, -0.1) is 0 Å². The van der Waals surface area contributed by atoms with Crippen molar-refractivity contribution in [3.8, 4) is 0 Å². The lowest BCUT2D eigenvalue weighted by molar-refractivity contribution is 0.534. The van der Waals surface area contributed by atoms with Gasteiger partial charge in [-0.25, -0.2) is 0 Å². The van der Waals surface area contributed by atoms with Gasteiger partial charge in [0, 0.05) is 29.7 Å². The molecule has 0 unspecified atom stereocenters. The van der Waals surface area contributed by atoms with Crippen molar-refractivity contribution in [2.75, 3.05) is 0 Å². The molecule has 0 aliphatic heterocycles. The molecule has 4 rings (SSSR count). The summed E-state index contributed by atoms with van der Waals surface area (Å²) >= 11 is 0. The van der Waals surface area contributed by atoms with E-state index >= 15 is 0 Å². The van der Waals surface area contributed by atoms with Crippen LogP contribution in [0.2, 0.25) is 0 Å². The minimum Gasteiger partial charge on any atom is -0.361 e. The maximum atomic E-state index is 3.71. The minimum absolute atomic E-state index is 0.571. The molecule has 0 spiro atoms. The molecule has 2 N–H and O–H groups in total. The maximum Gasteiger partial charge on any atom is 0.0457 e. The first-order chi connectivity index (χ1) is 9.90. The third kappa shape index (κ3) is 2.02. The number of H-pyrrole nitrogens is 1. The summed E-state index contributed by atoms with van der Waals surface area (Å²) in [4.78, 5) is 3.27. The summed E-state index contributed by atoms with van der Waals surface area (Å²) in [7, 11) is 0. The van der Waals surface area contributed by atoms with E-state index in [2.05, 4.69) is 58.8 Å². The smallest absolute Gasteiger partial charge is 0.0457 e. The average molecular weight is 262 g/mol. The van der Waals surface area contributed by atoms with Gasteiger partial charge in [0.2, 0.25) is 0 Å². The quantitative estimate of drug-likeness (QED) is 0.743. The van der Waals surface area contributed by atoms with E-state index in [1.807, 2.05) is 6.20 Å². The molecule has 0 saturated heterocycles. The molecule has 2 nitrogen and oxygen atoms in total. The van der Waals surface area contributed by atoms with E-state index in [1.165, 1.54) is 27.6 Å². The third-order valence-electron chi connectivity index (χ3n) is 4.32. The lowest BCUT2D eigenvalue weighted by Crippen LogP contribution is -2.28. The molecule has 0 fully saturated rings. The number of hydrogen-bond acceptors (Lipinski definition) is 1. The maximum absolute atomic E-state index is 3.71. The summed E-state index contributed by atoms with van der Waals surface area (Å²) < 4.78 is 0. The van der Waals surface area contributed by atoms with E-state index in [-0.39, 0.29) is 0 Å². The molecule has 2 aromatic carbocycles. The Hall–Kier alpha value is -2.06. The van der Waals surface area contributed by atoms with Gasteiger partial charge in [-0.1, -0.05) is 36.4 Å². The van der Waals surface area contributed by atoms with Crippen molar-refractivity contribution in [1.82, 2.24) is 10.3 Å². The van der Waals surface area contributed by atoms with Gasteiger partial charge in [0.05, 0.1) is 0 Å². The van der Waals surface area contributed by atoms with Crippen LogP contribution in [0.15, 0.2) is 54.7 Å². The van der Waals surface area contributed by atoms with Crippen LogP contribution in [-0.2, 0) is 19.4 Å². The molecule has 100 valence electrons. The Morgan fingerprint density at radius 3 is 2.55 bits per heavy atom. The fraction of sp³-hybridized carbons (Fsp3) is 0.222. The molecule has 0 bridgehead atoms. The average Bonchev–Trinajstić information content (AvgIpc) is 3.11. The summed E-state index contributed by atoms with van der Waals surface area (Å²) in [6, 6.07) is 18.0. The molecule has 1 aromatic heterocycles. The number of rotatable bonds is 3. The molecular formula is C18H18N2. The second kappa shape index (κ2) is 4.80. The molecule has 3 aromatic rings. The highest BCUT2D eigenvalue weighted by molar-refractivity contribution is 5.82. The number of nitrogens with one attached hydrogen (secondary N) is 2. The van der Waals surface area contributed by atoms with E-state index in [1.54, 1.807) is 0 Å². The Morgan fingerprint density at radius 2 is 1.75 bits per heavy atom. The number of aromatic amines is 1. The third-order valence-corrected chi connectivity index (χ3v) is 4.32. The second-order valence-electron chi connectivity index (χ2n) is 5.61. The van der Waals surface area contributed by atoms with Crippen LogP contribution < -0.4 is 5.32 Å². The number of benzene rings is 2. The van der Waals surface area contributed by atoms with E-state index in [4.69, 9.17) is 0 Å². The molecule has 1 heterocycles. The minimum atomic E-state index is 0.571. The predicted octanol–water partition coefficient (Wildman–Crippen LogP) is 3.42. The highest BCUT2D eigenvalue weighted by atomic mass is 14.9. The highest BCUT2D eigenvalue weighted by Crippen LogP contribution is 2.23. The molecule has 0 radical (unpaired) electrons. The fourth-order valence-corrected chi connectivity index (χ4v) is 3.26. The van der Waals surface area contributed by atoms with Crippen LogP contribution in [0.25, 0.3) is 10.9 Å². The molecule has 1 aliphatic carbocycles. The fourth-order valence-electron chi connectivity index (χ4n) is 3.26. The Bertz CT molecular complexity index is 717. The Labute approximate surface area is 118 Å². The van der Waals surface area contributed by atoms with E-state index in [9.17, 15) is 0 Å². The van der Waals surface area contributed by atoms with Crippen molar-refractivity contribution in [2.45, 2.75) is 25.4 Å². The van der Waals surface area contributed by atoms with E-state index < -0.39 is 0 Å². The van der Waals surface area contributed by atoms with Crippen LogP contribution >= 0.6 is 0 Å². The van der Waals surface area contributed by atoms with Crippen LogP contribution in [-0.4, -0.2) is 11.0 Å². The van der Waals surface area contributed by atoms with Gasteiger partial charge in [0.25, 0.3) is 0 Å². The summed E-state index contributed by atoms with van der Waals surface area (Å²) in [5.41, 5.74) is 5.61. The topological polar surface area (TPSA) is 27.8 Å². The summed E-state index contributed by atoms with van der Waals surface area (Å²) in [6.07, 6.45) is 4.32. The summed E-state index contributed by atoms with van der Waals surface area (Å²) in [5, 5.41) is 5.04. The van der Waals surface area contributed by atoms with Crippen LogP contribution in [0.5, 0.6) is 0 Å². The van der Waals surface area contributed by atoms with Gasteiger partial charge in [0.15, 0.2) is 0 Å². The monoisotopic (exact) mass is 262 g/mol. The molecule has 0 saturated carbocycles. The van der Waals surface area contributed by atoms with Crippen molar-refractivity contribution < 1.29 is 0 Å². The van der Waals surface area contributed by atoms with Crippen LogP contribution in [0.3, 0.4) is 0 Å². The largest absolute Gasteiger partial charge is 0.361 e. The van der Waals surface area contributed by atoms with Gasteiger partial charge < -0.3 is 10.3 Å². The van der Waals surface area contributed by atoms with Gasteiger partial charge in [0.1, 0.15) is 0 Å². The molecule has 0 atom stereocenters. The highest BCUT2D eigenvalue weighted by Gasteiger charge is 2.20. The summed E-state index contributed by atoms with van der Waals surface area (Å²) in [5.74, 6) is 0. The first-order valence-corrected chi connectivity index (χ1v) is 7.25. The Morgan fingerprint density at radius 1 is 0.950 bits per heavy atom. The van der Waals surface area contributed by atoms with Crippen molar-refractivity contribution in [1.29, 1.82) is 0 Å². The molecule has 0 amide bonds. The van der Waals surface area contributed by atoms with Crippen molar-refractivity contribution >= 4 is 10.9 Å². The van der Waals surface area contributed by atoms with E-state index in [0.29, 0.717) is 6.04 Å². The molecule has 2 heteroatoms. The van der Waals surface area contributed by atoms with Crippen LogP contribution in [0.1, 0.15) is 16.7 Å². The lowest BCUT2D eigenvalue weighted by Gasteiger charge is -2.12. The van der Waals surface area contributed by atoms with Gasteiger partial charge in [-0.3, -0.25) is 0 Å². The van der Waals surface area contributed by atoms with Gasteiger partial charge >= 0.3 is 0 Å². The zero-order valence-corrected chi connectivity index (χ0v) is 11.4. The zero-order valence-electron chi connectivity index (χ0n) is 11.4. The molecule has 20 heavy (non-hydrogen) atoms. The number of fused-ring (bicyclic) bond motifs is 2. The Balaban J connectivity index is 1.48. The van der Waals surface area contributed by atoms with Crippen LogP contribution in [0.4, 0.5) is 0 Å². The van der Waals surface area contributed by atoms with E-state index in [0.717, 1.165) is 19.4 Å². The summed E-state index contributed by atoms with van der Waals surface area (Å²) in [6.45, 7) is 0.938. The lowest BCUT2D eigenvalue weighted by atomic mass is 10.1. The zero-order chi connectivity index (χ0) is 13.4. The molecular weight excluding hydrogens is 244 g/mol. The number of hydrogen-bond donors (Lipinski definition) is 2. The SMILES string of the molecule is c1ccc2c(c1)CC(NCc1cccc3[nH]ccc13)C2. The van der Waals surface area contributed by atoms with Gasteiger partial charge in [-0.2, -0.15) is 0 Å². The Kier molecular flexibility index (Phi) is 2.82. The predicted molar refractivity (Wildman–Crippen MR) is 82.8 cm³/mol. The van der Waals surface area contributed by atoms with Crippen molar-refractivity contribution in [3.05, 3.63) is 71.4 Å². The second-order valence-corrected chi connectivity index (χ2v) is 5.61. The van der Waals surface area contributed by atoms with Crippen molar-refractivity contribution in [2.24, 2.45) is 0 Å². The number of aromatic nitrogens is 1. The first-order valence-electron chi connectivity index (χ1n) is 7.25. The van der Waals surface area contributed by atoms with Crippen molar-refractivity contribution in [3.63, 3.8) is 0 Å². The van der Waals surface area contributed by atoms with Gasteiger partial charge in [-0.05, 0) is 41.7 Å². The standard InChI is InChI=1S/C18H18N2/c1-2-5-14-11-16(10-13(14)4-1)20-12-15-6-3-7-18-17(15)8-9-19-18/h1-9,16,19-20H,10-12H2. The normalized spacial score (nSPS) is 14.8. The first kappa shape index (κ1) is 11.7. The molecule has 1 aliphatic rings.